The lowest BCUT2D eigenvalue weighted by Crippen LogP contribution is -2.46. The molecule has 0 aromatic heterocycles. The van der Waals surface area contributed by atoms with Crippen LogP contribution in [0.25, 0.3) is 0 Å². The zero-order valence-corrected chi connectivity index (χ0v) is 12.5. The molecule has 100 valence electrons. The normalized spacial score (nSPS) is 39.3. The molecule has 1 aliphatic heterocycles. The van der Waals surface area contributed by atoms with Gasteiger partial charge in [-0.15, -0.1) is 0 Å². The lowest BCUT2D eigenvalue weighted by atomic mass is 9.64. The smallest absolute Gasteiger partial charge is 0.231 e. The minimum atomic E-state index is -0.220. The van der Waals surface area contributed by atoms with Crippen molar-refractivity contribution in [1.29, 1.82) is 0 Å². The van der Waals surface area contributed by atoms with Crippen molar-refractivity contribution in [3.05, 3.63) is 12.2 Å². The van der Waals surface area contributed by atoms with Crippen LogP contribution in [0.2, 0.25) is 0 Å². The van der Waals surface area contributed by atoms with Crippen LogP contribution in [0, 0.1) is 5.41 Å². The molecule has 1 saturated heterocycles. The van der Waals surface area contributed by atoms with Gasteiger partial charge in [0.15, 0.2) is 0 Å². The molecule has 3 heteroatoms. The second-order valence-electron chi connectivity index (χ2n) is 6.35. The predicted octanol–water partition coefficient (Wildman–Crippen LogP) is 3.70. The van der Waals surface area contributed by atoms with Gasteiger partial charge in [0.2, 0.25) is 5.91 Å². The van der Waals surface area contributed by atoms with Crippen LogP contribution in [-0.4, -0.2) is 16.3 Å². The number of carbonyl (C=O) groups excluding carboxylic acids is 1. The van der Waals surface area contributed by atoms with E-state index >= 15 is 0 Å². The van der Waals surface area contributed by atoms with Crippen molar-refractivity contribution in [2.24, 2.45) is 5.41 Å². The minimum Gasteiger partial charge on any atom is -0.346 e. The third-order valence-electron chi connectivity index (χ3n) is 5.34. The van der Waals surface area contributed by atoms with E-state index in [1.54, 1.807) is 0 Å². The van der Waals surface area contributed by atoms with E-state index in [0.29, 0.717) is 4.83 Å². The summed E-state index contributed by atoms with van der Waals surface area (Å²) < 4.78 is 0. The van der Waals surface area contributed by atoms with E-state index in [0.717, 1.165) is 25.7 Å². The number of nitrogens with one attached hydrogen (secondary N) is 1. The molecule has 2 saturated carbocycles. The largest absolute Gasteiger partial charge is 0.346 e. The second-order valence-corrected chi connectivity index (χ2v) is 7.65. The maximum absolute atomic E-state index is 12.6. The Bertz CT molecular complexity index is 386. The first-order valence-corrected chi connectivity index (χ1v) is 8.17. The number of halogens is 1. The number of amides is 1. The van der Waals surface area contributed by atoms with Crippen molar-refractivity contribution in [3.63, 3.8) is 0 Å². The highest BCUT2D eigenvalue weighted by Gasteiger charge is 2.57. The van der Waals surface area contributed by atoms with Crippen molar-refractivity contribution in [2.75, 3.05) is 0 Å². The van der Waals surface area contributed by atoms with E-state index in [1.807, 2.05) is 0 Å². The van der Waals surface area contributed by atoms with Gasteiger partial charge in [0, 0.05) is 4.83 Å². The summed E-state index contributed by atoms with van der Waals surface area (Å²) in [7, 11) is 0. The summed E-state index contributed by atoms with van der Waals surface area (Å²) in [5.74, 6) is 0.272. The van der Waals surface area contributed by atoms with Gasteiger partial charge in [0.1, 0.15) is 0 Å². The molecule has 1 heterocycles. The quantitative estimate of drug-likeness (QED) is 0.536. The van der Waals surface area contributed by atoms with Gasteiger partial charge in [-0.05, 0) is 44.1 Å². The summed E-state index contributed by atoms with van der Waals surface area (Å²) in [6.45, 7) is 4.39. The Morgan fingerprint density at radius 2 is 1.89 bits per heavy atom. The van der Waals surface area contributed by atoms with Crippen LogP contribution in [0.5, 0.6) is 0 Å². The molecule has 0 bridgehead atoms. The predicted molar refractivity (Wildman–Crippen MR) is 76.7 cm³/mol. The maximum atomic E-state index is 12.6. The summed E-state index contributed by atoms with van der Waals surface area (Å²) >= 11 is 3.74. The van der Waals surface area contributed by atoms with Crippen LogP contribution >= 0.6 is 15.9 Å². The van der Waals surface area contributed by atoms with Gasteiger partial charge < -0.3 is 5.32 Å². The van der Waals surface area contributed by atoms with E-state index in [4.69, 9.17) is 0 Å². The summed E-state index contributed by atoms with van der Waals surface area (Å²) in [6.07, 6.45) is 10.2. The number of hydrogen-bond acceptors (Lipinski definition) is 1. The van der Waals surface area contributed by atoms with E-state index in [1.165, 1.54) is 37.7 Å². The highest BCUT2D eigenvalue weighted by atomic mass is 79.9. The number of carbonyl (C=O) groups is 1. The van der Waals surface area contributed by atoms with E-state index < -0.39 is 0 Å². The molecule has 0 aromatic carbocycles. The molecular weight excluding hydrogens is 290 g/mol. The minimum absolute atomic E-state index is 0.0964. The fourth-order valence-corrected chi connectivity index (χ4v) is 5.16. The second kappa shape index (κ2) is 4.36. The third-order valence-corrected chi connectivity index (χ3v) is 6.12. The summed E-state index contributed by atoms with van der Waals surface area (Å²) in [5, 5.41) is 3.34. The first kappa shape index (κ1) is 12.7. The van der Waals surface area contributed by atoms with Crippen LogP contribution in [0.1, 0.15) is 57.8 Å². The first-order chi connectivity index (χ1) is 8.59. The Morgan fingerprint density at radius 1 is 1.17 bits per heavy atom. The molecule has 2 atom stereocenters. The van der Waals surface area contributed by atoms with Crippen LogP contribution in [0.3, 0.4) is 0 Å². The molecule has 0 radical (unpaired) electrons. The van der Waals surface area contributed by atoms with Gasteiger partial charge >= 0.3 is 0 Å². The molecule has 2 nitrogen and oxygen atoms in total. The van der Waals surface area contributed by atoms with E-state index in [9.17, 15) is 4.79 Å². The van der Waals surface area contributed by atoms with Gasteiger partial charge in [-0.3, -0.25) is 4.79 Å². The molecule has 18 heavy (non-hydrogen) atoms. The molecular formula is C15H22BrNO. The summed E-state index contributed by atoms with van der Waals surface area (Å²) in [6, 6.07) is 0. The Labute approximate surface area is 118 Å². The van der Waals surface area contributed by atoms with Gasteiger partial charge in [0.25, 0.3) is 0 Å². The summed E-state index contributed by atoms with van der Waals surface area (Å²) in [5.41, 5.74) is 0.896. The Balaban J connectivity index is 1.92. The molecule has 3 fully saturated rings. The monoisotopic (exact) mass is 311 g/mol. The molecule has 1 N–H and O–H groups in total. The molecule has 3 rings (SSSR count). The lowest BCUT2D eigenvalue weighted by molar-refractivity contribution is -0.128. The van der Waals surface area contributed by atoms with E-state index in [2.05, 4.69) is 27.8 Å². The highest BCUT2D eigenvalue weighted by molar-refractivity contribution is 9.09. The van der Waals surface area contributed by atoms with Gasteiger partial charge in [-0.25, -0.2) is 0 Å². The molecule has 2 aliphatic carbocycles. The van der Waals surface area contributed by atoms with Crippen molar-refractivity contribution >= 4 is 21.8 Å². The molecule has 2 spiro atoms. The van der Waals surface area contributed by atoms with Gasteiger partial charge in [0.05, 0.1) is 11.0 Å². The lowest BCUT2D eigenvalue weighted by Gasteiger charge is -2.40. The van der Waals surface area contributed by atoms with Crippen molar-refractivity contribution < 1.29 is 4.79 Å². The van der Waals surface area contributed by atoms with E-state index in [-0.39, 0.29) is 16.9 Å². The van der Waals surface area contributed by atoms with Crippen LogP contribution in [0.15, 0.2) is 12.2 Å². The van der Waals surface area contributed by atoms with Gasteiger partial charge in [-0.1, -0.05) is 41.8 Å². The Kier molecular flexibility index (Phi) is 3.08. The fraction of sp³-hybridized carbons (Fsp3) is 0.800. The van der Waals surface area contributed by atoms with Gasteiger partial charge in [-0.2, -0.15) is 0 Å². The topological polar surface area (TPSA) is 29.1 Å². The van der Waals surface area contributed by atoms with Crippen LogP contribution in [0.4, 0.5) is 0 Å². The number of alkyl halides is 1. The molecule has 0 aromatic rings. The van der Waals surface area contributed by atoms with Crippen molar-refractivity contribution in [2.45, 2.75) is 68.2 Å². The van der Waals surface area contributed by atoms with Crippen LogP contribution in [-0.2, 0) is 4.79 Å². The van der Waals surface area contributed by atoms with Crippen LogP contribution < -0.4 is 5.32 Å². The Hall–Kier alpha value is -0.310. The Morgan fingerprint density at radius 3 is 2.56 bits per heavy atom. The summed E-state index contributed by atoms with van der Waals surface area (Å²) in [4.78, 5) is 13.1. The molecule has 1 amide bonds. The average Bonchev–Trinajstić information content (AvgIpc) is 2.54. The van der Waals surface area contributed by atoms with Crippen molar-refractivity contribution in [1.82, 2.24) is 5.32 Å². The fourth-order valence-electron chi connectivity index (χ4n) is 4.29. The van der Waals surface area contributed by atoms with Crippen molar-refractivity contribution in [3.8, 4) is 0 Å². The highest BCUT2D eigenvalue weighted by Crippen LogP contribution is 2.54. The zero-order chi connectivity index (χ0) is 12.8. The SMILES string of the molecule is C=C1C2(CCCC(Br)C2)NC(=O)C12CCCCC2. The maximum Gasteiger partial charge on any atom is 0.231 e. The number of hydrogen-bond donors (Lipinski definition) is 1. The number of rotatable bonds is 0. The zero-order valence-electron chi connectivity index (χ0n) is 10.9. The molecule has 3 aliphatic rings. The third kappa shape index (κ3) is 1.70. The molecule has 2 unspecified atom stereocenters. The first-order valence-electron chi connectivity index (χ1n) is 7.26. The average molecular weight is 312 g/mol. The standard InChI is InChI=1S/C15H22BrNO/c1-11-14(7-3-2-4-8-14)13(18)17-15(11)9-5-6-12(16)10-15/h12H,1-10H2,(H,17,18).